The Labute approximate surface area is 209 Å². The fourth-order valence-corrected chi connectivity index (χ4v) is 4.01. The Morgan fingerprint density at radius 2 is 1.33 bits per heavy atom. The number of methoxy groups -OCH3 is 2. The van der Waals surface area contributed by atoms with Crippen LogP contribution in [-0.2, 0) is 6.54 Å². The molecule has 178 valence electrons. The molecule has 0 saturated heterocycles. The molecule has 0 aliphatic carbocycles. The first-order valence-electron chi connectivity index (χ1n) is 11.5. The fourth-order valence-electron chi connectivity index (χ4n) is 4.01. The molecule has 0 unspecified atom stereocenters. The smallest absolute Gasteiger partial charge is 0.176 e. The van der Waals surface area contributed by atoms with Crippen LogP contribution in [0, 0.1) is 5.82 Å². The van der Waals surface area contributed by atoms with Crippen molar-refractivity contribution in [2.24, 2.45) is 0 Å². The van der Waals surface area contributed by atoms with E-state index in [9.17, 15) is 4.39 Å². The second kappa shape index (κ2) is 10.4. The molecular weight excluding hydrogens is 453 g/mol. The third-order valence-corrected chi connectivity index (χ3v) is 6.01. The molecule has 0 fully saturated rings. The molecule has 0 aliphatic rings. The van der Waals surface area contributed by atoms with Gasteiger partial charge in [-0.3, -0.25) is 0 Å². The molecule has 0 saturated carbocycles. The molecule has 0 amide bonds. The van der Waals surface area contributed by atoms with Crippen molar-refractivity contribution in [2.45, 2.75) is 6.54 Å². The van der Waals surface area contributed by atoms with Gasteiger partial charge in [-0.1, -0.05) is 24.3 Å². The van der Waals surface area contributed by atoms with E-state index in [1.165, 1.54) is 6.07 Å². The highest BCUT2D eigenvalue weighted by molar-refractivity contribution is 5.81. The van der Waals surface area contributed by atoms with Crippen molar-refractivity contribution in [3.8, 4) is 45.3 Å². The highest BCUT2D eigenvalue weighted by Gasteiger charge is 2.15. The molecule has 5 rings (SSSR count). The summed E-state index contributed by atoms with van der Waals surface area (Å²) < 4.78 is 26.6. The molecule has 6 heteroatoms. The van der Waals surface area contributed by atoms with Gasteiger partial charge >= 0.3 is 0 Å². The summed E-state index contributed by atoms with van der Waals surface area (Å²) in [6.07, 6.45) is 5.68. The van der Waals surface area contributed by atoms with Crippen molar-refractivity contribution >= 4 is 0 Å². The van der Waals surface area contributed by atoms with Crippen molar-refractivity contribution in [2.75, 3.05) is 14.2 Å². The van der Waals surface area contributed by atoms with E-state index in [1.54, 1.807) is 26.4 Å². The Morgan fingerprint density at radius 1 is 0.722 bits per heavy atom. The van der Waals surface area contributed by atoms with E-state index in [0.717, 1.165) is 39.4 Å². The summed E-state index contributed by atoms with van der Waals surface area (Å²) in [5, 5.41) is 0. The number of ether oxygens (including phenoxy) is 2. The van der Waals surface area contributed by atoms with Crippen LogP contribution in [0.1, 0.15) is 5.56 Å². The quantitative estimate of drug-likeness (QED) is 0.271. The van der Waals surface area contributed by atoms with E-state index in [0.29, 0.717) is 17.9 Å². The van der Waals surface area contributed by atoms with E-state index >= 15 is 0 Å². The molecular formula is C30H25FN3O2+. The van der Waals surface area contributed by atoms with Crippen LogP contribution in [0.25, 0.3) is 33.8 Å². The van der Waals surface area contributed by atoms with E-state index in [1.807, 2.05) is 89.9 Å². The van der Waals surface area contributed by atoms with E-state index in [4.69, 9.17) is 14.5 Å². The van der Waals surface area contributed by atoms with Gasteiger partial charge in [-0.05, 0) is 54.1 Å². The Kier molecular flexibility index (Phi) is 6.67. The van der Waals surface area contributed by atoms with Gasteiger partial charge in [0.05, 0.1) is 25.5 Å². The largest absolute Gasteiger partial charge is 0.497 e. The van der Waals surface area contributed by atoms with Crippen LogP contribution >= 0.6 is 0 Å². The third kappa shape index (κ3) is 4.93. The SMILES string of the molecule is COc1ccc(-c2cnc(-c3cc[n+](Cc4ccccc4F)cc3)nc2-c2ccc(OC)cc2)cc1. The van der Waals surface area contributed by atoms with Gasteiger partial charge in [0.1, 0.15) is 17.3 Å². The third-order valence-electron chi connectivity index (χ3n) is 6.01. The van der Waals surface area contributed by atoms with E-state index in [2.05, 4.69) is 4.98 Å². The Bertz CT molecular complexity index is 1470. The lowest BCUT2D eigenvalue weighted by molar-refractivity contribution is -0.688. The van der Waals surface area contributed by atoms with Gasteiger partial charge in [-0.25, -0.2) is 18.9 Å². The maximum absolute atomic E-state index is 14.0. The van der Waals surface area contributed by atoms with Crippen LogP contribution < -0.4 is 14.0 Å². The lowest BCUT2D eigenvalue weighted by atomic mass is 10.00. The second-order valence-electron chi connectivity index (χ2n) is 8.26. The van der Waals surface area contributed by atoms with Crippen molar-refractivity contribution in [1.82, 2.24) is 9.97 Å². The first-order chi connectivity index (χ1) is 17.6. The maximum Gasteiger partial charge on any atom is 0.176 e. The summed E-state index contributed by atoms with van der Waals surface area (Å²) in [6.45, 7) is 0.446. The molecule has 2 heterocycles. The molecule has 2 aromatic heterocycles. The summed E-state index contributed by atoms with van der Waals surface area (Å²) >= 11 is 0. The van der Waals surface area contributed by atoms with E-state index < -0.39 is 0 Å². The molecule has 0 N–H and O–H groups in total. The highest BCUT2D eigenvalue weighted by Crippen LogP contribution is 2.33. The van der Waals surface area contributed by atoms with Crippen molar-refractivity contribution in [1.29, 1.82) is 0 Å². The first-order valence-corrected chi connectivity index (χ1v) is 11.5. The van der Waals surface area contributed by atoms with Gasteiger partial charge in [0.15, 0.2) is 24.8 Å². The average Bonchev–Trinajstić information content (AvgIpc) is 2.94. The fraction of sp³-hybridized carbons (Fsp3) is 0.100. The van der Waals surface area contributed by atoms with Crippen molar-refractivity contribution < 1.29 is 18.4 Å². The minimum absolute atomic E-state index is 0.212. The second-order valence-corrected chi connectivity index (χ2v) is 8.26. The normalized spacial score (nSPS) is 10.8. The summed E-state index contributed by atoms with van der Waals surface area (Å²) in [4.78, 5) is 9.64. The number of aromatic nitrogens is 3. The summed E-state index contributed by atoms with van der Waals surface area (Å²) in [5.74, 6) is 1.96. The number of hydrogen-bond acceptors (Lipinski definition) is 4. The molecule has 0 bridgehead atoms. The van der Waals surface area contributed by atoms with Crippen LogP contribution in [0.2, 0.25) is 0 Å². The van der Waals surface area contributed by atoms with Gasteiger partial charge in [-0.2, -0.15) is 0 Å². The minimum atomic E-state index is -0.212. The van der Waals surface area contributed by atoms with Gasteiger partial charge in [0.2, 0.25) is 0 Å². The van der Waals surface area contributed by atoms with Crippen molar-refractivity contribution in [3.05, 3.63) is 115 Å². The number of hydrogen-bond donors (Lipinski definition) is 0. The topological polar surface area (TPSA) is 48.1 Å². The van der Waals surface area contributed by atoms with Crippen LogP contribution in [-0.4, -0.2) is 24.2 Å². The zero-order chi connectivity index (χ0) is 24.9. The number of rotatable bonds is 7. The molecule has 36 heavy (non-hydrogen) atoms. The summed E-state index contributed by atoms with van der Waals surface area (Å²) in [7, 11) is 3.30. The molecule has 0 aliphatic heterocycles. The van der Waals surface area contributed by atoms with Crippen LogP contribution in [0.5, 0.6) is 11.5 Å². The molecule has 0 radical (unpaired) electrons. The summed E-state index contributed by atoms with van der Waals surface area (Å²) in [5.41, 5.74) is 5.18. The van der Waals surface area contributed by atoms with Gasteiger partial charge in [0, 0.05) is 35.0 Å². The van der Waals surface area contributed by atoms with Crippen LogP contribution in [0.15, 0.2) is 104 Å². The predicted molar refractivity (Wildman–Crippen MR) is 137 cm³/mol. The Hall–Kier alpha value is -4.58. The first kappa shape index (κ1) is 23.2. The number of pyridine rings is 1. The molecule has 0 atom stereocenters. The summed E-state index contributed by atoms with van der Waals surface area (Å²) in [6, 6.07) is 26.4. The molecule has 0 spiro atoms. The van der Waals surface area contributed by atoms with Crippen LogP contribution in [0.3, 0.4) is 0 Å². The molecule has 3 aromatic carbocycles. The van der Waals surface area contributed by atoms with Crippen LogP contribution in [0.4, 0.5) is 4.39 Å². The maximum atomic E-state index is 14.0. The van der Waals surface area contributed by atoms with Gasteiger partial charge in [-0.15, -0.1) is 0 Å². The van der Waals surface area contributed by atoms with E-state index in [-0.39, 0.29) is 5.82 Å². The van der Waals surface area contributed by atoms with Crippen molar-refractivity contribution in [3.63, 3.8) is 0 Å². The molecule has 5 nitrogen and oxygen atoms in total. The highest BCUT2D eigenvalue weighted by atomic mass is 19.1. The predicted octanol–water partition coefficient (Wildman–Crippen LogP) is 5.97. The Morgan fingerprint density at radius 3 is 1.94 bits per heavy atom. The zero-order valence-corrected chi connectivity index (χ0v) is 20.1. The number of benzene rings is 3. The standard InChI is InChI=1S/C30H25FN3O2/c1-35-25-11-7-21(8-12-25)27-19-32-30(33-29(27)22-9-13-26(36-2)14-10-22)23-15-17-34(18-16-23)20-24-5-3-4-6-28(24)31/h3-19H,20H2,1-2H3/q+1. The number of halogens is 1. The van der Waals surface area contributed by atoms with Gasteiger partial charge < -0.3 is 9.47 Å². The lowest BCUT2D eigenvalue weighted by Crippen LogP contribution is -2.33. The lowest BCUT2D eigenvalue weighted by Gasteiger charge is -2.12. The minimum Gasteiger partial charge on any atom is -0.497 e. The number of nitrogens with zero attached hydrogens (tertiary/aromatic N) is 3. The Balaban J connectivity index is 1.51. The molecule has 5 aromatic rings. The zero-order valence-electron chi connectivity index (χ0n) is 20.1. The monoisotopic (exact) mass is 478 g/mol. The average molecular weight is 479 g/mol. The van der Waals surface area contributed by atoms with Gasteiger partial charge in [0.25, 0.3) is 0 Å².